The van der Waals surface area contributed by atoms with Crippen molar-refractivity contribution in [1.82, 2.24) is 9.97 Å². The van der Waals surface area contributed by atoms with Gasteiger partial charge >= 0.3 is 5.88 Å². The fourth-order valence-electron chi connectivity index (χ4n) is 2.88. The summed E-state index contributed by atoms with van der Waals surface area (Å²) in [6, 6.07) is 15.9. The van der Waals surface area contributed by atoms with Crippen molar-refractivity contribution in [3.05, 3.63) is 65.9 Å². The molecule has 0 atom stereocenters. The number of nitrogens with one attached hydrogen (secondary N) is 1. The van der Waals surface area contributed by atoms with Crippen LogP contribution in [-0.4, -0.2) is 17.1 Å². The second-order valence-electron chi connectivity index (χ2n) is 5.86. The van der Waals surface area contributed by atoms with Gasteiger partial charge in [0.1, 0.15) is 12.7 Å². The molecule has 0 saturated heterocycles. The first-order valence-electron chi connectivity index (χ1n) is 8.10. The number of hydrogen-bond donors (Lipinski definition) is 1. The van der Waals surface area contributed by atoms with E-state index in [0.717, 1.165) is 43.0 Å². The van der Waals surface area contributed by atoms with Crippen molar-refractivity contribution < 1.29 is 9.30 Å². The van der Waals surface area contributed by atoms with Crippen molar-refractivity contribution >= 4 is 34.4 Å². The maximum Gasteiger partial charge on any atom is 0.367 e. The maximum absolute atomic E-state index is 6.02. The first-order valence-corrected chi connectivity index (χ1v) is 9.29. The molecule has 4 rings (SSSR count). The van der Waals surface area contributed by atoms with Gasteiger partial charge in [0.25, 0.3) is 0 Å². The normalized spacial score (nSPS) is 11.0. The van der Waals surface area contributed by atoms with Gasteiger partial charge in [-0.05, 0) is 42.5 Å². The summed E-state index contributed by atoms with van der Waals surface area (Å²) in [4.78, 5) is 10.2. The highest BCUT2D eigenvalue weighted by Gasteiger charge is 2.18. The number of ether oxygens (including phenoxy) is 1. The molecule has 0 amide bonds. The third-order valence-corrected chi connectivity index (χ3v) is 5.53. The molecule has 0 saturated carbocycles. The smallest absolute Gasteiger partial charge is 0.367 e. The lowest BCUT2D eigenvalue weighted by Gasteiger charge is -2.05. The third kappa shape index (κ3) is 3.16. The van der Waals surface area contributed by atoms with Gasteiger partial charge in [-0.15, -0.1) is 0 Å². The Hall–Kier alpha value is -2.50. The average Bonchev–Trinajstić information content (AvgIpc) is 3.02. The van der Waals surface area contributed by atoms with Crippen LogP contribution < -0.4 is 9.30 Å². The number of benzene rings is 1. The van der Waals surface area contributed by atoms with Crippen LogP contribution in [0.2, 0.25) is 5.02 Å². The van der Waals surface area contributed by atoms with Crippen LogP contribution in [0.5, 0.6) is 5.88 Å². The average molecular weight is 383 g/mol. The number of hydrogen-bond acceptors (Lipinski definition) is 3. The number of aromatic amines is 1. The Balaban J connectivity index is 1.86. The van der Waals surface area contributed by atoms with E-state index in [1.54, 1.807) is 25.1 Å². The summed E-state index contributed by atoms with van der Waals surface area (Å²) >= 11 is 7.72. The van der Waals surface area contributed by atoms with Crippen molar-refractivity contribution in [3.8, 4) is 17.1 Å². The van der Waals surface area contributed by atoms with Crippen molar-refractivity contribution in [3.63, 3.8) is 0 Å². The molecule has 0 unspecified atom stereocenters. The molecule has 130 valence electrons. The molecule has 3 aromatic heterocycles. The first-order chi connectivity index (χ1) is 12.7. The Morgan fingerprint density at radius 1 is 1.12 bits per heavy atom. The van der Waals surface area contributed by atoms with E-state index in [9.17, 15) is 0 Å². The monoisotopic (exact) mass is 382 g/mol. The van der Waals surface area contributed by atoms with Gasteiger partial charge in [-0.2, -0.15) is 4.57 Å². The molecule has 6 heteroatoms. The Kier molecular flexibility index (Phi) is 4.57. The zero-order valence-electron chi connectivity index (χ0n) is 14.4. The molecule has 26 heavy (non-hydrogen) atoms. The van der Waals surface area contributed by atoms with Crippen molar-refractivity contribution in [2.24, 2.45) is 7.05 Å². The Bertz CT molecular complexity index is 1080. The SMILES string of the molecule is COc1ccc(-c2[nH]c3ncccc3c2Sc2ccc(Cl)cc2)c[n+]1C. The number of fused-ring (bicyclic) bond motifs is 1. The van der Waals surface area contributed by atoms with E-state index < -0.39 is 0 Å². The maximum atomic E-state index is 6.02. The first kappa shape index (κ1) is 16.9. The molecule has 3 heterocycles. The lowest BCUT2D eigenvalue weighted by Crippen LogP contribution is -2.29. The largest absolute Gasteiger partial charge is 0.448 e. The Morgan fingerprint density at radius 3 is 2.65 bits per heavy atom. The molecule has 0 radical (unpaired) electrons. The molecule has 4 aromatic rings. The molecular formula is C20H17ClN3OS+. The number of halogens is 1. The molecule has 0 aliphatic carbocycles. The Morgan fingerprint density at radius 2 is 1.92 bits per heavy atom. The van der Waals surface area contributed by atoms with Gasteiger partial charge in [-0.3, -0.25) is 0 Å². The van der Waals surface area contributed by atoms with E-state index in [2.05, 4.69) is 28.3 Å². The minimum Gasteiger partial charge on any atom is -0.448 e. The van der Waals surface area contributed by atoms with E-state index in [0.29, 0.717) is 0 Å². The highest BCUT2D eigenvalue weighted by Crippen LogP contribution is 2.40. The second kappa shape index (κ2) is 7.02. The van der Waals surface area contributed by atoms with Crippen LogP contribution in [0.15, 0.2) is 70.7 Å². The summed E-state index contributed by atoms with van der Waals surface area (Å²) < 4.78 is 7.32. The van der Waals surface area contributed by atoms with Gasteiger partial charge in [0.05, 0.1) is 24.4 Å². The van der Waals surface area contributed by atoms with Gasteiger partial charge in [0.2, 0.25) is 0 Å². The van der Waals surface area contributed by atoms with Crippen LogP contribution in [-0.2, 0) is 7.05 Å². The van der Waals surface area contributed by atoms with Crippen molar-refractivity contribution in [2.45, 2.75) is 9.79 Å². The van der Waals surface area contributed by atoms with Crippen LogP contribution in [0.4, 0.5) is 0 Å². The van der Waals surface area contributed by atoms with Crippen LogP contribution >= 0.6 is 23.4 Å². The second-order valence-corrected chi connectivity index (χ2v) is 7.38. The minimum absolute atomic E-state index is 0.734. The molecule has 0 fully saturated rings. The molecule has 0 bridgehead atoms. The number of pyridine rings is 2. The number of aromatic nitrogens is 3. The lowest BCUT2D eigenvalue weighted by molar-refractivity contribution is -0.676. The highest BCUT2D eigenvalue weighted by molar-refractivity contribution is 7.99. The molecule has 4 nitrogen and oxygen atoms in total. The fraction of sp³-hybridized carbons (Fsp3) is 0.100. The standard InChI is InChI=1S/C20H17ClN3OS/c1-24-12-13(5-10-17(24)25-2)18-19(16-4-3-11-22-20(16)23-18)26-15-8-6-14(21)7-9-15/h3-12H,1-2H3,(H,22,23)/q+1. The summed E-state index contributed by atoms with van der Waals surface area (Å²) in [5.74, 6) is 0.801. The van der Waals surface area contributed by atoms with Gasteiger partial charge in [-0.1, -0.05) is 23.4 Å². The number of H-pyrrole nitrogens is 1. The van der Waals surface area contributed by atoms with E-state index >= 15 is 0 Å². The van der Waals surface area contributed by atoms with Gasteiger partial charge < -0.3 is 9.72 Å². The summed E-state index contributed by atoms with van der Waals surface area (Å²) in [7, 11) is 3.64. The zero-order valence-corrected chi connectivity index (χ0v) is 15.9. The number of nitrogens with zero attached hydrogens (tertiary/aromatic N) is 2. The molecule has 0 aliphatic heterocycles. The lowest BCUT2D eigenvalue weighted by atomic mass is 10.2. The van der Waals surface area contributed by atoms with E-state index in [1.165, 1.54) is 0 Å². The number of methoxy groups -OCH3 is 1. The van der Waals surface area contributed by atoms with Gasteiger partial charge in [0, 0.05) is 26.4 Å². The summed E-state index contributed by atoms with van der Waals surface area (Å²) in [6.07, 6.45) is 3.85. The zero-order chi connectivity index (χ0) is 18.1. The van der Waals surface area contributed by atoms with E-state index in [4.69, 9.17) is 16.3 Å². The molecule has 0 spiro atoms. The van der Waals surface area contributed by atoms with Crippen molar-refractivity contribution in [2.75, 3.05) is 7.11 Å². The molecule has 1 aromatic carbocycles. The summed E-state index contributed by atoms with van der Waals surface area (Å²) in [5.41, 5.74) is 2.98. The predicted octanol–water partition coefficient (Wildman–Crippen LogP) is 4.87. The summed E-state index contributed by atoms with van der Waals surface area (Å²) in [6.45, 7) is 0. The predicted molar refractivity (Wildman–Crippen MR) is 105 cm³/mol. The molecule has 1 N–H and O–H groups in total. The third-order valence-electron chi connectivity index (χ3n) is 4.14. The number of aryl methyl sites for hydroxylation is 1. The highest BCUT2D eigenvalue weighted by atomic mass is 35.5. The van der Waals surface area contributed by atoms with E-state index in [-0.39, 0.29) is 0 Å². The van der Waals surface area contributed by atoms with Gasteiger partial charge in [0.15, 0.2) is 6.20 Å². The topological polar surface area (TPSA) is 41.8 Å². The Labute approximate surface area is 160 Å². The number of rotatable bonds is 4. The quantitative estimate of drug-likeness (QED) is 0.512. The molecule has 0 aliphatic rings. The van der Waals surface area contributed by atoms with Crippen LogP contribution in [0.1, 0.15) is 0 Å². The van der Waals surface area contributed by atoms with E-state index in [1.807, 2.05) is 48.0 Å². The van der Waals surface area contributed by atoms with Crippen molar-refractivity contribution in [1.29, 1.82) is 0 Å². The van der Waals surface area contributed by atoms with Crippen LogP contribution in [0.3, 0.4) is 0 Å². The molecular weight excluding hydrogens is 366 g/mol. The fourth-order valence-corrected chi connectivity index (χ4v) is 4.06. The summed E-state index contributed by atoms with van der Waals surface area (Å²) in [5, 5.41) is 1.83. The minimum atomic E-state index is 0.734. The van der Waals surface area contributed by atoms with Crippen LogP contribution in [0, 0.1) is 0 Å². The van der Waals surface area contributed by atoms with Crippen LogP contribution in [0.25, 0.3) is 22.3 Å². The van der Waals surface area contributed by atoms with Gasteiger partial charge in [-0.25, -0.2) is 4.98 Å².